The highest BCUT2D eigenvalue weighted by molar-refractivity contribution is 5.78. The van der Waals surface area contributed by atoms with Crippen LogP contribution in [0.3, 0.4) is 0 Å². The average Bonchev–Trinajstić information content (AvgIpc) is 2.34. The van der Waals surface area contributed by atoms with Gasteiger partial charge in [0.2, 0.25) is 5.91 Å². The normalized spacial score (nSPS) is 21.2. The number of amides is 1. The van der Waals surface area contributed by atoms with E-state index in [0.717, 1.165) is 6.54 Å². The zero-order valence-corrected chi connectivity index (χ0v) is 10.1. The highest BCUT2D eigenvalue weighted by atomic mass is 16.5. The number of piperazine rings is 1. The Labute approximate surface area is 102 Å². The fourth-order valence-electron chi connectivity index (χ4n) is 2.09. The fourth-order valence-corrected chi connectivity index (χ4v) is 2.09. The van der Waals surface area contributed by atoms with Crippen LogP contribution in [0.2, 0.25) is 0 Å². The van der Waals surface area contributed by atoms with E-state index in [4.69, 9.17) is 4.74 Å². The highest BCUT2D eigenvalue weighted by Gasteiger charge is 2.26. The van der Waals surface area contributed by atoms with E-state index in [2.05, 4.69) is 22.3 Å². The minimum atomic E-state index is 0.0910. The standard InChI is InChI=1S/C13H18N2O2/c1-17-10-12-7-14-13(16)9-15(12)8-11-5-3-2-4-6-11/h2-6,12H,7-10H2,1H3,(H,14,16). The summed E-state index contributed by atoms with van der Waals surface area (Å²) < 4.78 is 5.19. The summed E-state index contributed by atoms with van der Waals surface area (Å²) in [6.07, 6.45) is 0. The van der Waals surface area contributed by atoms with Gasteiger partial charge in [-0.2, -0.15) is 0 Å². The molecule has 4 heteroatoms. The van der Waals surface area contributed by atoms with Crippen LogP contribution in [-0.4, -0.2) is 43.7 Å². The summed E-state index contributed by atoms with van der Waals surface area (Å²) >= 11 is 0. The lowest BCUT2D eigenvalue weighted by Crippen LogP contribution is -2.55. The zero-order valence-electron chi connectivity index (χ0n) is 10.1. The van der Waals surface area contributed by atoms with Gasteiger partial charge in [-0.15, -0.1) is 0 Å². The van der Waals surface area contributed by atoms with Crippen LogP contribution in [0.15, 0.2) is 30.3 Å². The fraction of sp³-hybridized carbons (Fsp3) is 0.462. The Bertz CT molecular complexity index is 367. The molecule has 1 heterocycles. The van der Waals surface area contributed by atoms with E-state index in [1.54, 1.807) is 7.11 Å². The number of hydrogen-bond donors (Lipinski definition) is 1. The molecule has 92 valence electrons. The maximum absolute atomic E-state index is 11.4. The third-order valence-corrected chi connectivity index (χ3v) is 2.99. The van der Waals surface area contributed by atoms with Gasteiger partial charge in [-0.1, -0.05) is 30.3 Å². The van der Waals surface area contributed by atoms with Gasteiger partial charge in [0.15, 0.2) is 0 Å². The van der Waals surface area contributed by atoms with Crippen LogP contribution in [0.4, 0.5) is 0 Å². The van der Waals surface area contributed by atoms with Gasteiger partial charge >= 0.3 is 0 Å². The van der Waals surface area contributed by atoms with Gasteiger partial charge in [0.05, 0.1) is 19.2 Å². The van der Waals surface area contributed by atoms with Crippen molar-refractivity contribution in [2.75, 3.05) is 26.8 Å². The van der Waals surface area contributed by atoms with Crippen molar-refractivity contribution in [3.05, 3.63) is 35.9 Å². The van der Waals surface area contributed by atoms with Crippen LogP contribution in [-0.2, 0) is 16.1 Å². The van der Waals surface area contributed by atoms with Crippen molar-refractivity contribution in [3.63, 3.8) is 0 Å². The minimum absolute atomic E-state index is 0.0910. The smallest absolute Gasteiger partial charge is 0.234 e. The summed E-state index contributed by atoms with van der Waals surface area (Å²) in [4.78, 5) is 13.6. The average molecular weight is 234 g/mol. The van der Waals surface area contributed by atoms with Crippen LogP contribution in [0, 0.1) is 0 Å². The van der Waals surface area contributed by atoms with E-state index in [0.29, 0.717) is 19.7 Å². The van der Waals surface area contributed by atoms with Crippen molar-refractivity contribution in [3.8, 4) is 0 Å². The SMILES string of the molecule is COCC1CNC(=O)CN1Cc1ccccc1. The van der Waals surface area contributed by atoms with Crippen LogP contribution < -0.4 is 5.32 Å². The number of carbonyl (C=O) groups is 1. The van der Waals surface area contributed by atoms with E-state index in [9.17, 15) is 4.79 Å². The van der Waals surface area contributed by atoms with Gasteiger partial charge in [-0.05, 0) is 5.56 Å². The third-order valence-electron chi connectivity index (χ3n) is 2.99. The van der Waals surface area contributed by atoms with Gasteiger partial charge in [-0.25, -0.2) is 0 Å². The second-order valence-electron chi connectivity index (χ2n) is 4.30. The van der Waals surface area contributed by atoms with Crippen molar-refractivity contribution in [1.29, 1.82) is 0 Å². The lowest BCUT2D eigenvalue weighted by Gasteiger charge is -2.35. The molecule has 2 rings (SSSR count). The summed E-state index contributed by atoms with van der Waals surface area (Å²) in [7, 11) is 1.69. The van der Waals surface area contributed by atoms with Crippen molar-refractivity contribution in [2.24, 2.45) is 0 Å². The highest BCUT2D eigenvalue weighted by Crippen LogP contribution is 2.10. The molecule has 0 saturated carbocycles. The number of rotatable bonds is 4. The molecule has 4 nitrogen and oxygen atoms in total. The summed E-state index contributed by atoms with van der Waals surface area (Å²) in [5, 5.41) is 2.87. The third kappa shape index (κ3) is 3.28. The Morgan fingerprint density at radius 1 is 1.41 bits per heavy atom. The molecule has 1 aliphatic rings. The Kier molecular flexibility index (Phi) is 4.12. The Balaban J connectivity index is 2.02. The first kappa shape index (κ1) is 12.1. The summed E-state index contributed by atoms with van der Waals surface area (Å²) in [5.74, 6) is 0.0910. The second-order valence-corrected chi connectivity index (χ2v) is 4.30. The number of nitrogens with zero attached hydrogens (tertiary/aromatic N) is 1. The van der Waals surface area contributed by atoms with Gasteiger partial charge in [0.25, 0.3) is 0 Å². The molecule has 0 bridgehead atoms. The summed E-state index contributed by atoms with van der Waals surface area (Å²) in [5.41, 5.74) is 1.23. The predicted octanol–water partition coefficient (Wildman–Crippen LogP) is 0.633. The zero-order chi connectivity index (χ0) is 12.1. The molecule has 1 aromatic carbocycles. The molecule has 0 aromatic heterocycles. The topological polar surface area (TPSA) is 41.6 Å². The molecule has 0 radical (unpaired) electrons. The molecule has 1 amide bonds. The monoisotopic (exact) mass is 234 g/mol. The number of carbonyl (C=O) groups excluding carboxylic acids is 1. The van der Waals surface area contributed by atoms with Crippen LogP contribution >= 0.6 is 0 Å². The first-order chi connectivity index (χ1) is 8.29. The molecule has 1 fully saturated rings. The van der Waals surface area contributed by atoms with Gasteiger partial charge in [0.1, 0.15) is 0 Å². The van der Waals surface area contributed by atoms with Crippen LogP contribution in [0.1, 0.15) is 5.56 Å². The molecule has 17 heavy (non-hydrogen) atoms. The maximum atomic E-state index is 11.4. The predicted molar refractivity (Wildman–Crippen MR) is 65.5 cm³/mol. The van der Waals surface area contributed by atoms with E-state index in [1.165, 1.54) is 5.56 Å². The van der Waals surface area contributed by atoms with Crippen molar-refractivity contribution >= 4 is 5.91 Å². The first-order valence-electron chi connectivity index (χ1n) is 5.83. The molecule has 1 unspecified atom stereocenters. The molecular weight excluding hydrogens is 216 g/mol. The molecule has 0 spiro atoms. The number of ether oxygens (including phenoxy) is 1. The Morgan fingerprint density at radius 3 is 2.88 bits per heavy atom. The van der Waals surface area contributed by atoms with Crippen molar-refractivity contribution in [1.82, 2.24) is 10.2 Å². The molecule has 1 aliphatic heterocycles. The maximum Gasteiger partial charge on any atom is 0.234 e. The quantitative estimate of drug-likeness (QED) is 0.831. The molecular formula is C13H18N2O2. The van der Waals surface area contributed by atoms with Gasteiger partial charge in [0, 0.05) is 20.2 Å². The number of methoxy groups -OCH3 is 1. The molecule has 1 saturated heterocycles. The molecule has 1 aromatic rings. The molecule has 1 atom stereocenters. The Morgan fingerprint density at radius 2 is 2.18 bits per heavy atom. The van der Waals surface area contributed by atoms with E-state index < -0.39 is 0 Å². The summed E-state index contributed by atoms with van der Waals surface area (Å²) in [6, 6.07) is 10.5. The number of benzene rings is 1. The lowest BCUT2D eigenvalue weighted by molar-refractivity contribution is -0.126. The van der Waals surface area contributed by atoms with Crippen LogP contribution in [0.5, 0.6) is 0 Å². The number of hydrogen-bond acceptors (Lipinski definition) is 3. The van der Waals surface area contributed by atoms with Gasteiger partial charge in [-0.3, -0.25) is 9.69 Å². The van der Waals surface area contributed by atoms with E-state index in [-0.39, 0.29) is 11.9 Å². The number of nitrogens with one attached hydrogen (secondary N) is 1. The van der Waals surface area contributed by atoms with Crippen molar-refractivity contribution < 1.29 is 9.53 Å². The Hall–Kier alpha value is -1.39. The summed E-state index contributed by atoms with van der Waals surface area (Å²) in [6.45, 7) is 2.55. The van der Waals surface area contributed by atoms with Gasteiger partial charge < -0.3 is 10.1 Å². The van der Waals surface area contributed by atoms with E-state index >= 15 is 0 Å². The van der Waals surface area contributed by atoms with Crippen LogP contribution in [0.25, 0.3) is 0 Å². The second kappa shape index (κ2) is 5.80. The van der Waals surface area contributed by atoms with Crippen molar-refractivity contribution in [2.45, 2.75) is 12.6 Å². The van der Waals surface area contributed by atoms with E-state index in [1.807, 2.05) is 18.2 Å². The minimum Gasteiger partial charge on any atom is -0.383 e. The lowest BCUT2D eigenvalue weighted by atomic mass is 10.1. The first-order valence-corrected chi connectivity index (χ1v) is 5.83. The molecule has 0 aliphatic carbocycles. The largest absolute Gasteiger partial charge is 0.383 e. The molecule has 1 N–H and O–H groups in total.